The first-order chi connectivity index (χ1) is 14.4. The number of benzene rings is 1. The fourth-order valence-corrected chi connectivity index (χ4v) is 3.70. The molecule has 0 saturated carbocycles. The summed E-state index contributed by atoms with van der Waals surface area (Å²) < 4.78 is 16.2. The number of methoxy groups -OCH3 is 1. The Bertz CT molecular complexity index is 848. The van der Waals surface area contributed by atoms with Gasteiger partial charge in [0.05, 0.1) is 25.2 Å². The Labute approximate surface area is 181 Å². The lowest BCUT2D eigenvalue weighted by Crippen LogP contribution is -2.34. The van der Waals surface area contributed by atoms with E-state index >= 15 is 0 Å². The molecule has 0 spiro atoms. The molecule has 1 aromatic rings. The van der Waals surface area contributed by atoms with Gasteiger partial charge in [0.15, 0.2) is 11.5 Å². The summed E-state index contributed by atoms with van der Waals surface area (Å²) in [7, 11) is 1.56. The van der Waals surface area contributed by atoms with Gasteiger partial charge in [-0.05, 0) is 55.3 Å². The molecule has 1 fully saturated rings. The van der Waals surface area contributed by atoms with Crippen LogP contribution in [0.15, 0.2) is 29.7 Å². The monoisotopic (exact) mass is 433 g/mol. The van der Waals surface area contributed by atoms with Crippen LogP contribution < -0.4 is 9.47 Å². The van der Waals surface area contributed by atoms with Crippen molar-refractivity contribution < 1.29 is 28.6 Å². The van der Waals surface area contributed by atoms with Crippen LogP contribution in [-0.4, -0.2) is 48.9 Å². The lowest BCUT2D eigenvalue weighted by Gasteiger charge is -2.14. The average molecular weight is 434 g/mol. The number of esters is 1. The molecule has 0 N–H and O–H groups in total. The van der Waals surface area contributed by atoms with E-state index in [1.807, 2.05) is 19.9 Å². The molecule has 162 valence electrons. The Morgan fingerprint density at radius 2 is 2.03 bits per heavy atom. The minimum absolute atomic E-state index is 0.235. The summed E-state index contributed by atoms with van der Waals surface area (Å²) in [5, 5.41) is -0.497. The molecule has 8 heteroatoms. The van der Waals surface area contributed by atoms with Crippen molar-refractivity contribution in [3.63, 3.8) is 0 Å². The Morgan fingerprint density at radius 3 is 2.67 bits per heavy atom. The number of carbonyl (C=O) groups excluding carboxylic acids is 3. The van der Waals surface area contributed by atoms with Gasteiger partial charge in [-0.1, -0.05) is 19.4 Å². The van der Waals surface area contributed by atoms with Gasteiger partial charge in [-0.25, -0.2) is 0 Å². The molecule has 0 atom stereocenters. The van der Waals surface area contributed by atoms with Crippen molar-refractivity contribution in [1.82, 2.24) is 4.90 Å². The molecule has 1 aliphatic rings. The summed E-state index contributed by atoms with van der Waals surface area (Å²) in [6, 6.07) is 3.61. The van der Waals surface area contributed by atoms with Crippen LogP contribution in [0.4, 0.5) is 4.79 Å². The second kappa shape index (κ2) is 11.4. The molecule has 1 aliphatic heterocycles. The molecular weight excluding hydrogens is 406 g/mol. The van der Waals surface area contributed by atoms with Crippen molar-refractivity contribution >= 4 is 35.0 Å². The second-order valence-corrected chi connectivity index (χ2v) is 7.47. The van der Waals surface area contributed by atoms with Crippen LogP contribution in [0.25, 0.3) is 6.08 Å². The number of nitrogens with zero attached hydrogens (tertiary/aromatic N) is 1. The highest BCUT2D eigenvalue weighted by Gasteiger charge is 2.36. The van der Waals surface area contributed by atoms with E-state index in [2.05, 4.69) is 6.58 Å². The van der Waals surface area contributed by atoms with Crippen LogP contribution in [0.1, 0.15) is 37.8 Å². The second-order valence-electron chi connectivity index (χ2n) is 6.48. The average Bonchev–Trinajstić information content (AvgIpc) is 2.96. The van der Waals surface area contributed by atoms with Gasteiger partial charge in [-0.2, -0.15) is 0 Å². The highest BCUT2D eigenvalue weighted by atomic mass is 32.2. The maximum Gasteiger partial charge on any atom is 0.326 e. The summed E-state index contributed by atoms with van der Waals surface area (Å²) in [5.74, 6) is 0.0426. The van der Waals surface area contributed by atoms with Crippen LogP contribution >= 0.6 is 11.8 Å². The number of allylic oxidation sites excluding steroid dienone is 1. The number of imide groups is 1. The molecule has 1 aromatic carbocycles. The van der Waals surface area contributed by atoms with Crippen LogP contribution in [0.2, 0.25) is 0 Å². The Kier molecular flexibility index (Phi) is 8.98. The molecule has 2 rings (SSSR count). The van der Waals surface area contributed by atoms with E-state index in [-0.39, 0.29) is 18.1 Å². The van der Waals surface area contributed by atoms with Crippen LogP contribution in [-0.2, 0) is 20.7 Å². The molecule has 0 unspecified atom stereocenters. The van der Waals surface area contributed by atoms with Crippen LogP contribution in [0.3, 0.4) is 0 Å². The van der Waals surface area contributed by atoms with Crippen LogP contribution in [0.5, 0.6) is 11.5 Å². The number of unbranched alkanes of at least 4 members (excludes halogenated alkanes) is 1. The standard InChI is InChI=1S/C22H27NO6S/c1-5-8-10-29-19(24)14-23-21(25)18(30-22(23)26)13-15-11-16(9-6-2)20(27-4)17(12-15)28-7-3/h6,11-13H,2,5,7-10,14H2,1,3-4H3/b18-13+. The van der Waals surface area contributed by atoms with Crippen LogP contribution in [0, 0.1) is 0 Å². The number of thioether (sulfide) groups is 1. The van der Waals surface area contributed by atoms with Gasteiger partial charge in [-0.15, -0.1) is 6.58 Å². The highest BCUT2D eigenvalue weighted by Crippen LogP contribution is 2.37. The molecular formula is C22H27NO6S. The van der Waals surface area contributed by atoms with Gasteiger partial charge in [0.2, 0.25) is 0 Å². The van der Waals surface area contributed by atoms with Gasteiger partial charge in [-0.3, -0.25) is 19.3 Å². The Morgan fingerprint density at radius 1 is 1.27 bits per heavy atom. The lowest BCUT2D eigenvalue weighted by atomic mass is 10.0. The van der Waals surface area contributed by atoms with Gasteiger partial charge in [0, 0.05) is 5.56 Å². The zero-order valence-electron chi connectivity index (χ0n) is 17.6. The molecule has 1 heterocycles. The number of amides is 2. The SMILES string of the molecule is C=CCc1cc(/C=C2/SC(=O)N(CC(=O)OCCCC)C2=O)cc(OCC)c1OC. The fourth-order valence-electron chi connectivity index (χ4n) is 2.86. The first-order valence-corrected chi connectivity index (χ1v) is 10.6. The van der Waals surface area contributed by atoms with E-state index in [1.54, 1.807) is 25.3 Å². The predicted octanol–water partition coefficient (Wildman–Crippen LogP) is 4.20. The third-order valence-electron chi connectivity index (χ3n) is 4.24. The molecule has 0 aliphatic carbocycles. The van der Waals surface area contributed by atoms with E-state index in [0.29, 0.717) is 30.1 Å². The van der Waals surface area contributed by atoms with E-state index in [4.69, 9.17) is 14.2 Å². The Hall–Kier alpha value is -2.74. The molecule has 0 bridgehead atoms. The molecule has 1 saturated heterocycles. The molecule has 0 aromatic heterocycles. The largest absolute Gasteiger partial charge is 0.493 e. The minimum atomic E-state index is -0.594. The fraction of sp³-hybridized carbons (Fsp3) is 0.409. The van der Waals surface area contributed by atoms with Crippen molar-refractivity contribution in [1.29, 1.82) is 0 Å². The highest BCUT2D eigenvalue weighted by molar-refractivity contribution is 8.18. The van der Waals surface area contributed by atoms with Crippen molar-refractivity contribution in [2.75, 3.05) is 26.9 Å². The number of ether oxygens (including phenoxy) is 3. The third kappa shape index (κ3) is 5.89. The van der Waals surface area contributed by atoms with Gasteiger partial charge >= 0.3 is 5.97 Å². The van der Waals surface area contributed by atoms with E-state index in [1.165, 1.54) is 0 Å². The van der Waals surface area contributed by atoms with E-state index in [0.717, 1.165) is 35.1 Å². The zero-order valence-corrected chi connectivity index (χ0v) is 18.4. The Balaban J connectivity index is 2.25. The summed E-state index contributed by atoms with van der Waals surface area (Å²) in [5.41, 5.74) is 1.54. The maximum atomic E-state index is 12.7. The smallest absolute Gasteiger partial charge is 0.326 e. The molecule has 7 nitrogen and oxygen atoms in total. The zero-order chi connectivity index (χ0) is 22.1. The summed E-state index contributed by atoms with van der Waals surface area (Å²) >= 11 is 0.794. The van der Waals surface area contributed by atoms with Gasteiger partial charge in [0.1, 0.15) is 6.54 Å². The van der Waals surface area contributed by atoms with E-state index < -0.39 is 17.1 Å². The lowest BCUT2D eigenvalue weighted by molar-refractivity contribution is -0.146. The van der Waals surface area contributed by atoms with Gasteiger partial charge < -0.3 is 14.2 Å². The molecule has 0 radical (unpaired) electrons. The number of carbonyl (C=O) groups is 3. The van der Waals surface area contributed by atoms with E-state index in [9.17, 15) is 14.4 Å². The summed E-state index contributed by atoms with van der Waals surface area (Å²) in [6.45, 7) is 7.94. The third-order valence-corrected chi connectivity index (χ3v) is 5.15. The number of hydrogen-bond donors (Lipinski definition) is 0. The molecule has 2 amide bonds. The van der Waals surface area contributed by atoms with Crippen molar-refractivity contribution in [3.8, 4) is 11.5 Å². The van der Waals surface area contributed by atoms with Gasteiger partial charge in [0.25, 0.3) is 11.1 Å². The quantitative estimate of drug-likeness (QED) is 0.224. The predicted molar refractivity (Wildman–Crippen MR) is 117 cm³/mol. The summed E-state index contributed by atoms with van der Waals surface area (Å²) in [4.78, 5) is 38.0. The topological polar surface area (TPSA) is 82.1 Å². The maximum absolute atomic E-state index is 12.7. The number of hydrogen-bond acceptors (Lipinski definition) is 7. The number of rotatable bonds is 11. The minimum Gasteiger partial charge on any atom is -0.493 e. The normalized spacial score (nSPS) is 14.9. The first-order valence-electron chi connectivity index (χ1n) is 9.80. The summed E-state index contributed by atoms with van der Waals surface area (Å²) in [6.07, 6.45) is 5.53. The van der Waals surface area contributed by atoms with Crippen molar-refractivity contribution in [3.05, 3.63) is 40.8 Å². The molecule has 30 heavy (non-hydrogen) atoms. The van der Waals surface area contributed by atoms with Crippen molar-refractivity contribution in [2.45, 2.75) is 33.1 Å². The van der Waals surface area contributed by atoms with Crippen molar-refractivity contribution in [2.24, 2.45) is 0 Å². The first kappa shape index (κ1) is 23.5.